The van der Waals surface area contributed by atoms with Crippen molar-refractivity contribution in [3.63, 3.8) is 0 Å². The summed E-state index contributed by atoms with van der Waals surface area (Å²) in [4.78, 5) is 4.43. The molecule has 20 heavy (non-hydrogen) atoms. The standard InChI is InChI=1S/C14H23N3O3/c1-9-12(5-8-19-9)16-13(11-3-6-18-7-4-11)14-15-10(2)17-20-14/h9,11-13,16H,3-8H2,1-2H3/t9-,12+,13-/m1/s1. The Bertz CT molecular complexity index is 431. The van der Waals surface area contributed by atoms with Crippen LogP contribution in [0.5, 0.6) is 0 Å². The highest BCUT2D eigenvalue weighted by atomic mass is 16.5. The van der Waals surface area contributed by atoms with E-state index in [4.69, 9.17) is 14.0 Å². The first kappa shape index (κ1) is 14.0. The number of nitrogens with one attached hydrogen (secondary N) is 1. The molecule has 0 spiro atoms. The van der Waals surface area contributed by atoms with Crippen LogP contribution >= 0.6 is 0 Å². The second-order valence-corrected chi connectivity index (χ2v) is 5.75. The van der Waals surface area contributed by atoms with Crippen LogP contribution in [0, 0.1) is 12.8 Å². The van der Waals surface area contributed by atoms with E-state index in [9.17, 15) is 0 Å². The van der Waals surface area contributed by atoms with Crippen molar-refractivity contribution in [2.75, 3.05) is 19.8 Å². The Labute approximate surface area is 119 Å². The Morgan fingerprint density at radius 1 is 1.20 bits per heavy atom. The van der Waals surface area contributed by atoms with Gasteiger partial charge in [0.25, 0.3) is 0 Å². The Hall–Kier alpha value is -0.980. The first-order valence-electron chi connectivity index (χ1n) is 7.49. The van der Waals surface area contributed by atoms with Gasteiger partial charge in [-0.2, -0.15) is 4.98 Å². The van der Waals surface area contributed by atoms with Gasteiger partial charge in [0.15, 0.2) is 5.82 Å². The Kier molecular flexibility index (Phi) is 4.33. The number of rotatable bonds is 4. The molecule has 0 unspecified atom stereocenters. The van der Waals surface area contributed by atoms with Crippen LogP contribution in [-0.4, -0.2) is 42.1 Å². The van der Waals surface area contributed by atoms with E-state index in [1.54, 1.807) is 0 Å². The van der Waals surface area contributed by atoms with Crippen molar-refractivity contribution in [1.82, 2.24) is 15.5 Å². The number of aromatic nitrogens is 2. The van der Waals surface area contributed by atoms with Gasteiger partial charge < -0.3 is 19.3 Å². The highest BCUT2D eigenvalue weighted by Crippen LogP contribution is 2.31. The molecule has 0 amide bonds. The molecule has 0 radical (unpaired) electrons. The van der Waals surface area contributed by atoms with E-state index in [-0.39, 0.29) is 12.1 Å². The van der Waals surface area contributed by atoms with Gasteiger partial charge in [-0.05, 0) is 39.0 Å². The zero-order chi connectivity index (χ0) is 13.9. The number of aryl methyl sites for hydroxylation is 1. The first-order valence-corrected chi connectivity index (χ1v) is 7.49. The number of hydrogen-bond acceptors (Lipinski definition) is 6. The van der Waals surface area contributed by atoms with Crippen LogP contribution < -0.4 is 5.32 Å². The monoisotopic (exact) mass is 281 g/mol. The molecule has 112 valence electrons. The zero-order valence-electron chi connectivity index (χ0n) is 12.2. The molecule has 0 aliphatic carbocycles. The Balaban J connectivity index is 1.75. The summed E-state index contributed by atoms with van der Waals surface area (Å²) in [6.45, 7) is 6.42. The topological polar surface area (TPSA) is 69.4 Å². The third-order valence-electron chi connectivity index (χ3n) is 4.32. The maximum atomic E-state index is 5.64. The van der Waals surface area contributed by atoms with E-state index in [1.807, 2.05) is 6.92 Å². The summed E-state index contributed by atoms with van der Waals surface area (Å²) >= 11 is 0. The smallest absolute Gasteiger partial charge is 0.244 e. The second kappa shape index (κ2) is 6.20. The highest BCUT2D eigenvalue weighted by molar-refractivity contribution is 4.98. The summed E-state index contributed by atoms with van der Waals surface area (Å²) in [5, 5.41) is 7.63. The van der Waals surface area contributed by atoms with E-state index in [0.717, 1.165) is 39.1 Å². The van der Waals surface area contributed by atoms with Crippen molar-refractivity contribution in [3.05, 3.63) is 11.7 Å². The maximum absolute atomic E-state index is 5.64. The van der Waals surface area contributed by atoms with Crippen LogP contribution in [0.4, 0.5) is 0 Å². The van der Waals surface area contributed by atoms with Crippen molar-refractivity contribution < 1.29 is 14.0 Å². The van der Waals surface area contributed by atoms with Gasteiger partial charge in [0, 0.05) is 25.9 Å². The van der Waals surface area contributed by atoms with Gasteiger partial charge in [-0.1, -0.05) is 5.16 Å². The van der Waals surface area contributed by atoms with Crippen molar-refractivity contribution in [2.24, 2.45) is 5.92 Å². The van der Waals surface area contributed by atoms with E-state index < -0.39 is 0 Å². The molecule has 2 fully saturated rings. The Morgan fingerprint density at radius 2 is 2.00 bits per heavy atom. The molecule has 3 atom stereocenters. The van der Waals surface area contributed by atoms with Crippen LogP contribution in [-0.2, 0) is 9.47 Å². The van der Waals surface area contributed by atoms with Gasteiger partial charge in [0.1, 0.15) is 0 Å². The van der Waals surface area contributed by atoms with Crippen molar-refractivity contribution in [3.8, 4) is 0 Å². The predicted octanol–water partition coefficient (Wildman–Crippen LogP) is 1.61. The SMILES string of the molecule is Cc1noc([C@H](N[C@H]2CCO[C@@H]2C)C2CCOCC2)n1. The third kappa shape index (κ3) is 3.02. The number of hydrogen-bond donors (Lipinski definition) is 1. The fourth-order valence-corrected chi connectivity index (χ4v) is 3.08. The summed E-state index contributed by atoms with van der Waals surface area (Å²) in [6, 6.07) is 0.462. The lowest BCUT2D eigenvalue weighted by Crippen LogP contribution is -2.42. The van der Waals surface area contributed by atoms with Gasteiger partial charge in [0.05, 0.1) is 12.1 Å². The summed E-state index contributed by atoms with van der Waals surface area (Å²) in [7, 11) is 0. The molecule has 1 aromatic rings. The van der Waals surface area contributed by atoms with Crippen LogP contribution in [0.15, 0.2) is 4.52 Å². The lowest BCUT2D eigenvalue weighted by Gasteiger charge is -2.31. The molecule has 2 saturated heterocycles. The van der Waals surface area contributed by atoms with Crippen LogP contribution in [0.25, 0.3) is 0 Å². The van der Waals surface area contributed by atoms with Gasteiger partial charge in [-0.15, -0.1) is 0 Å². The normalized spacial score (nSPS) is 29.7. The van der Waals surface area contributed by atoms with Gasteiger partial charge in [-0.25, -0.2) is 0 Å². The molecule has 0 aromatic carbocycles. The molecule has 2 aliphatic heterocycles. The fourth-order valence-electron chi connectivity index (χ4n) is 3.08. The summed E-state index contributed by atoms with van der Waals surface area (Å²) in [5.74, 6) is 1.87. The van der Waals surface area contributed by atoms with E-state index in [1.165, 1.54) is 0 Å². The van der Waals surface area contributed by atoms with Crippen LogP contribution in [0.2, 0.25) is 0 Å². The molecular formula is C14H23N3O3. The quantitative estimate of drug-likeness (QED) is 0.904. The molecule has 3 heterocycles. The molecule has 0 saturated carbocycles. The minimum absolute atomic E-state index is 0.106. The number of nitrogens with zero attached hydrogens (tertiary/aromatic N) is 2. The largest absolute Gasteiger partial charge is 0.381 e. The van der Waals surface area contributed by atoms with Crippen LogP contribution in [0.1, 0.15) is 43.9 Å². The maximum Gasteiger partial charge on any atom is 0.244 e. The summed E-state index contributed by atoms with van der Waals surface area (Å²) < 4.78 is 16.5. The minimum Gasteiger partial charge on any atom is -0.381 e. The molecule has 3 rings (SSSR count). The molecular weight excluding hydrogens is 258 g/mol. The summed E-state index contributed by atoms with van der Waals surface area (Å²) in [5.41, 5.74) is 0. The molecule has 6 nitrogen and oxygen atoms in total. The van der Waals surface area contributed by atoms with E-state index >= 15 is 0 Å². The average Bonchev–Trinajstić information content (AvgIpc) is 3.06. The molecule has 1 N–H and O–H groups in total. The second-order valence-electron chi connectivity index (χ2n) is 5.75. The van der Waals surface area contributed by atoms with Gasteiger partial charge in [0.2, 0.25) is 5.89 Å². The van der Waals surface area contributed by atoms with Gasteiger partial charge in [-0.3, -0.25) is 0 Å². The number of ether oxygens (including phenoxy) is 2. The first-order chi connectivity index (χ1) is 9.74. The zero-order valence-corrected chi connectivity index (χ0v) is 12.2. The minimum atomic E-state index is 0.106. The molecule has 2 aliphatic rings. The van der Waals surface area contributed by atoms with Crippen molar-refractivity contribution in [2.45, 2.75) is 51.3 Å². The van der Waals surface area contributed by atoms with E-state index in [0.29, 0.717) is 23.7 Å². The van der Waals surface area contributed by atoms with Crippen molar-refractivity contribution >= 4 is 0 Å². The molecule has 6 heteroatoms. The fraction of sp³-hybridized carbons (Fsp3) is 0.857. The lowest BCUT2D eigenvalue weighted by molar-refractivity contribution is 0.0432. The average molecular weight is 281 g/mol. The summed E-state index contributed by atoms with van der Waals surface area (Å²) in [6.07, 6.45) is 3.33. The van der Waals surface area contributed by atoms with Crippen molar-refractivity contribution in [1.29, 1.82) is 0 Å². The van der Waals surface area contributed by atoms with Gasteiger partial charge >= 0.3 is 0 Å². The van der Waals surface area contributed by atoms with Crippen LogP contribution in [0.3, 0.4) is 0 Å². The Morgan fingerprint density at radius 3 is 2.60 bits per heavy atom. The third-order valence-corrected chi connectivity index (χ3v) is 4.32. The predicted molar refractivity (Wildman–Crippen MR) is 72.3 cm³/mol. The highest BCUT2D eigenvalue weighted by Gasteiger charge is 2.34. The van der Waals surface area contributed by atoms with E-state index in [2.05, 4.69) is 22.4 Å². The lowest BCUT2D eigenvalue weighted by atomic mass is 9.90. The molecule has 0 bridgehead atoms. The molecule has 1 aromatic heterocycles.